The summed E-state index contributed by atoms with van der Waals surface area (Å²) in [7, 11) is 0. The van der Waals surface area contributed by atoms with E-state index in [1.807, 2.05) is 12.1 Å². The fraction of sp³-hybridized carbons (Fsp3) is 0.0667. The van der Waals surface area contributed by atoms with Crippen LogP contribution in [-0.2, 0) is 5.75 Å². The molecule has 0 radical (unpaired) electrons. The molecular weight excluding hydrogens is 330 g/mol. The molecule has 2 aromatic carbocycles. The Balaban J connectivity index is 1.72. The third-order valence-electron chi connectivity index (χ3n) is 2.83. The van der Waals surface area contributed by atoms with Crippen LogP contribution in [0.3, 0.4) is 0 Å². The van der Waals surface area contributed by atoms with E-state index in [0.29, 0.717) is 32.9 Å². The minimum atomic E-state index is -0.880. The zero-order valence-corrected chi connectivity index (χ0v) is 12.7. The molecule has 3 rings (SSSR count). The lowest BCUT2D eigenvalue weighted by Gasteiger charge is -1.99. The fourth-order valence-corrected chi connectivity index (χ4v) is 2.75. The number of hydrogen-bond acceptors (Lipinski definition) is 4. The highest BCUT2D eigenvalue weighted by Gasteiger charge is 2.12. The topological polar surface area (TPSA) is 38.9 Å². The van der Waals surface area contributed by atoms with E-state index in [9.17, 15) is 8.78 Å². The highest BCUT2D eigenvalue weighted by Crippen LogP contribution is 2.28. The van der Waals surface area contributed by atoms with E-state index in [1.165, 1.54) is 17.8 Å². The van der Waals surface area contributed by atoms with Gasteiger partial charge < -0.3 is 4.52 Å². The molecule has 112 valence electrons. The number of thioether (sulfide) groups is 1. The lowest BCUT2D eigenvalue weighted by atomic mass is 10.2. The maximum absolute atomic E-state index is 13.1. The first-order valence-corrected chi connectivity index (χ1v) is 7.65. The van der Waals surface area contributed by atoms with Gasteiger partial charge in [0.15, 0.2) is 17.5 Å². The number of halogens is 3. The van der Waals surface area contributed by atoms with Crippen molar-refractivity contribution in [2.45, 2.75) is 10.6 Å². The summed E-state index contributed by atoms with van der Waals surface area (Å²) < 4.78 is 31.1. The molecule has 0 saturated heterocycles. The van der Waals surface area contributed by atoms with Crippen LogP contribution in [0, 0.1) is 11.6 Å². The molecule has 0 aliphatic carbocycles. The molecule has 0 bridgehead atoms. The maximum atomic E-state index is 13.1. The smallest absolute Gasteiger partial charge is 0.259 e. The van der Waals surface area contributed by atoms with Crippen LogP contribution < -0.4 is 0 Å². The Bertz CT molecular complexity index is 810. The van der Waals surface area contributed by atoms with Crippen LogP contribution in [0.15, 0.2) is 51.9 Å². The number of nitrogens with zero attached hydrogens (tertiary/aromatic N) is 2. The van der Waals surface area contributed by atoms with Gasteiger partial charge in [0.05, 0.1) is 16.3 Å². The predicted molar refractivity (Wildman–Crippen MR) is 80.7 cm³/mol. The molecule has 0 saturated carbocycles. The number of rotatable bonds is 4. The molecule has 7 heteroatoms. The van der Waals surface area contributed by atoms with E-state index < -0.39 is 11.6 Å². The Hall–Kier alpha value is -1.92. The van der Waals surface area contributed by atoms with Crippen LogP contribution in [0.1, 0.15) is 5.82 Å². The molecule has 1 aromatic heterocycles. The molecule has 3 nitrogen and oxygen atoms in total. The standard InChI is InChI=1S/C15H9ClF2N2OS/c16-11-4-2-1-3-10(11)15-19-14(20-21-15)8-22-9-5-6-12(17)13(18)7-9/h1-7H,8H2. The summed E-state index contributed by atoms with van der Waals surface area (Å²) in [4.78, 5) is 4.83. The van der Waals surface area contributed by atoms with Gasteiger partial charge in [-0.15, -0.1) is 11.8 Å². The Morgan fingerprint density at radius 3 is 2.68 bits per heavy atom. The number of aromatic nitrogens is 2. The molecule has 0 fully saturated rings. The largest absolute Gasteiger partial charge is 0.334 e. The van der Waals surface area contributed by atoms with Gasteiger partial charge >= 0.3 is 0 Å². The molecule has 0 spiro atoms. The highest BCUT2D eigenvalue weighted by molar-refractivity contribution is 7.98. The van der Waals surface area contributed by atoms with Crippen LogP contribution in [0.5, 0.6) is 0 Å². The molecule has 0 aliphatic rings. The highest BCUT2D eigenvalue weighted by atomic mass is 35.5. The minimum Gasteiger partial charge on any atom is -0.334 e. The second-order valence-electron chi connectivity index (χ2n) is 4.36. The summed E-state index contributed by atoms with van der Waals surface area (Å²) in [5.74, 6) is -0.602. The second-order valence-corrected chi connectivity index (χ2v) is 5.82. The van der Waals surface area contributed by atoms with Crippen LogP contribution in [-0.4, -0.2) is 10.1 Å². The molecule has 0 N–H and O–H groups in total. The van der Waals surface area contributed by atoms with Gasteiger partial charge in [0.1, 0.15) is 0 Å². The van der Waals surface area contributed by atoms with Crippen molar-refractivity contribution in [1.82, 2.24) is 10.1 Å². The van der Waals surface area contributed by atoms with Gasteiger partial charge in [-0.05, 0) is 30.3 Å². The summed E-state index contributed by atoms with van der Waals surface area (Å²) in [5.41, 5.74) is 0.653. The van der Waals surface area contributed by atoms with Gasteiger partial charge in [-0.2, -0.15) is 4.98 Å². The molecule has 0 amide bonds. The Kier molecular flexibility index (Phi) is 4.40. The first kappa shape index (κ1) is 15.0. The van der Waals surface area contributed by atoms with Crippen molar-refractivity contribution in [3.8, 4) is 11.5 Å². The summed E-state index contributed by atoms with van der Waals surface area (Å²) in [5, 5.41) is 4.37. The van der Waals surface area contributed by atoms with Crippen molar-refractivity contribution < 1.29 is 13.3 Å². The summed E-state index contributed by atoms with van der Waals surface area (Å²) in [6.07, 6.45) is 0. The molecular formula is C15H9ClF2N2OS. The van der Waals surface area contributed by atoms with Crippen LogP contribution in [0.4, 0.5) is 8.78 Å². The number of hydrogen-bond donors (Lipinski definition) is 0. The van der Waals surface area contributed by atoms with E-state index in [4.69, 9.17) is 16.1 Å². The van der Waals surface area contributed by atoms with Gasteiger partial charge in [0.2, 0.25) is 0 Å². The number of benzene rings is 2. The Labute approximate surface area is 134 Å². The minimum absolute atomic E-state index is 0.325. The average molecular weight is 339 g/mol. The Morgan fingerprint density at radius 2 is 1.91 bits per heavy atom. The van der Waals surface area contributed by atoms with Gasteiger partial charge in [-0.25, -0.2) is 8.78 Å². The van der Waals surface area contributed by atoms with E-state index in [1.54, 1.807) is 12.1 Å². The van der Waals surface area contributed by atoms with Crippen LogP contribution >= 0.6 is 23.4 Å². The normalized spacial score (nSPS) is 10.9. The lowest BCUT2D eigenvalue weighted by molar-refractivity contribution is 0.425. The Morgan fingerprint density at radius 1 is 1.09 bits per heavy atom. The fourth-order valence-electron chi connectivity index (χ4n) is 1.77. The molecule has 3 aromatic rings. The van der Waals surface area contributed by atoms with Gasteiger partial charge in [-0.1, -0.05) is 28.9 Å². The van der Waals surface area contributed by atoms with E-state index >= 15 is 0 Å². The summed E-state index contributed by atoms with van der Waals surface area (Å²) in [6, 6.07) is 10.9. The third-order valence-corrected chi connectivity index (χ3v) is 4.15. The lowest BCUT2D eigenvalue weighted by Crippen LogP contribution is -1.87. The van der Waals surface area contributed by atoms with Crippen molar-refractivity contribution in [3.05, 3.63) is 64.9 Å². The zero-order valence-electron chi connectivity index (χ0n) is 11.1. The van der Waals surface area contributed by atoms with Crippen molar-refractivity contribution in [2.75, 3.05) is 0 Å². The molecule has 22 heavy (non-hydrogen) atoms. The van der Waals surface area contributed by atoms with Gasteiger partial charge in [0.25, 0.3) is 5.89 Å². The monoisotopic (exact) mass is 338 g/mol. The predicted octanol–water partition coefficient (Wildman–Crippen LogP) is 4.96. The molecule has 0 atom stereocenters. The summed E-state index contributed by atoms with van der Waals surface area (Å²) >= 11 is 7.35. The first-order valence-electron chi connectivity index (χ1n) is 6.29. The van der Waals surface area contributed by atoms with Gasteiger partial charge in [0, 0.05) is 4.90 Å². The first-order chi connectivity index (χ1) is 10.6. The van der Waals surface area contributed by atoms with Crippen LogP contribution in [0.25, 0.3) is 11.5 Å². The average Bonchev–Trinajstić information content (AvgIpc) is 2.98. The second kappa shape index (κ2) is 6.46. The van der Waals surface area contributed by atoms with Crippen molar-refractivity contribution in [2.24, 2.45) is 0 Å². The molecule has 0 unspecified atom stereocenters. The van der Waals surface area contributed by atoms with Crippen molar-refractivity contribution in [3.63, 3.8) is 0 Å². The van der Waals surface area contributed by atoms with E-state index in [2.05, 4.69) is 10.1 Å². The quantitative estimate of drug-likeness (QED) is 0.630. The van der Waals surface area contributed by atoms with Gasteiger partial charge in [-0.3, -0.25) is 0 Å². The van der Waals surface area contributed by atoms with E-state index in [-0.39, 0.29) is 0 Å². The molecule has 0 aliphatic heterocycles. The van der Waals surface area contributed by atoms with Crippen LogP contribution in [0.2, 0.25) is 5.02 Å². The third kappa shape index (κ3) is 3.28. The maximum Gasteiger partial charge on any atom is 0.259 e. The van der Waals surface area contributed by atoms with Crippen molar-refractivity contribution >= 4 is 23.4 Å². The summed E-state index contributed by atoms with van der Waals surface area (Å²) in [6.45, 7) is 0. The van der Waals surface area contributed by atoms with E-state index in [0.717, 1.165) is 12.1 Å². The van der Waals surface area contributed by atoms with Crippen molar-refractivity contribution in [1.29, 1.82) is 0 Å². The zero-order chi connectivity index (χ0) is 15.5. The SMILES string of the molecule is Fc1ccc(SCc2noc(-c3ccccc3Cl)n2)cc1F. The molecule has 1 heterocycles.